The Morgan fingerprint density at radius 3 is 2.67 bits per heavy atom. The molecule has 1 amide bonds. The maximum Gasteiger partial charge on any atom is 0.271 e. The Kier molecular flexibility index (Phi) is 4.88. The number of nitrogens with two attached hydrogens (primary N) is 1. The van der Waals surface area contributed by atoms with Crippen molar-refractivity contribution in [3.05, 3.63) is 23.5 Å². The molecular formula is C10H13N3O3S2. The van der Waals surface area contributed by atoms with Gasteiger partial charge in [0, 0.05) is 18.8 Å². The number of anilines is 1. The van der Waals surface area contributed by atoms with Crippen molar-refractivity contribution in [2.24, 2.45) is 5.73 Å². The van der Waals surface area contributed by atoms with E-state index >= 15 is 0 Å². The molecule has 1 atom stereocenters. The monoisotopic (exact) mass is 287 g/mol. The van der Waals surface area contributed by atoms with E-state index in [1.807, 2.05) is 0 Å². The zero-order chi connectivity index (χ0) is 13.9. The van der Waals surface area contributed by atoms with E-state index in [-0.39, 0.29) is 4.99 Å². The fourth-order valence-corrected chi connectivity index (χ4v) is 2.16. The van der Waals surface area contributed by atoms with Crippen LogP contribution in [0.2, 0.25) is 0 Å². The van der Waals surface area contributed by atoms with Crippen molar-refractivity contribution in [1.29, 1.82) is 0 Å². The van der Waals surface area contributed by atoms with Crippen LogP contribution < -0.4 is 10.0 Å². The average Bonchev–Trinajstić information content (AvgIpc) is 2.28. The first-order chi connectivity index (χ1) is 8.38. The van der Waals surface area contributed by atoms with Crippen LogP contribution in [0, 0.1) is 6.92 Å². The van der Waals surface area contributed by atoms with Crippen LogP contribution in [0.3, 0.4) is 0 Å². The lowest BCUT2D eigenvalue weighted by Gasteiger charge is -2.20. The minimum absolute atomic E-state index is 0.0665. The summed E-state index contributed by atoms with van der Waals surface area (Å²) in [5, 5.41) is 0. The molecule has 0 radical (unpaired) electrons. The van der Waals surface area contributed by atoms with Crippen molar-refractivity contribution in [3.63, 3.8) is 0 Å². The summed E-state index contributed by atoms with van der Waals surface area (Å²) in [6.45, 7) is 3.01. The third-order valence-corrected chi connectivity index (χ3v) is 3.34. The second kappa shape index (κ2) is 5.98. The minimum atomic E-state index is -1.94. The lowest BCUT2D eigenvalue weighted by atomic mass is 10.2. The van der Waals surface area contributed by atoms with E-state index < -0.39 is 17.2 Å². The predicted molar refractivity (Wildman–Crippen MR) is 73.2 cm³/mol. The number of aromatic nitrogens is 1. The Morgan fingerprint density at radius 2 is 2.22 bits per heavy atom. The fourth-order valence-electron chi connectivity index (χ4n) is 1.33. The Labute approximate surface area is 113 Å². The van der Waals surface area contributed by atoms with Gasteiger partial charge in [-0.05, 0) is 13.0 Å². The number of carbonyl (C=O) groups excluding carboxylic acids is 1. The van der Waals surface area contributed by atoms with Crippen molar-refractivity contribution in [1.82, 2.24) is 4.98 Å². The Balaban J connectivity index is 3.43. The third-order valence-electron chi connectivity index (χ3n) is 2.08. The summed E-state index contributed by atoms with van der Waals surface area (Å²) in [6.07, 6.45) is 1.44. The summed E-state index contributed by atoms with van der Waals surface area (Å²) < 4.78 is 17.4. The van der Waals surface area contributed by atoms with E-state index in [2.05, 4.69) is 9.17 Å². The zero-order valence-electron chi connectivity index (χ0n) is 10.2. The van der Waals surface area contributed by atoms with Gasteiger partial charge in [-0.2, -0.15) is 0 Å². The number of aryl methyl sites for hydroxylation is 1. The molecular weight excluding hydrogens is 274 g/mol. The van der Waals surface area contributed by atoms with Gasteiger partial charge < -0.3 is 5.73 Å². The lowest BCUT2D eigenvalue weighted by Crippen LogP contribution is -2.33. The molecule has 0 saturated heterocycles. The molecule has 0 aliphatic carbocycles. The minimum Gasteiger partial charge on any atom is -0.389 e. The number of hydrogen-bond donors (Lipinski definition) is 1. The van der Waals surface area contributed by atoms with Gasteiger partial charge in [0.1, 0.15) is 4.99 Å². The van der Waals surface area contributed by atoms with Gasteiger partial charge in [0.05, 0.1) is 18.4 Å². The van der Waals surface area contributed by atoms with E-state index in [4.69, 9.17) is 18.0 Å². The summed E-state index contributed by atoms with van der Waals surface area (Å²) in [5.41, 5.74) is 6.89. The van der Waals surface area contributed by atoms with Crippen molar-refractivity contribution in [2.75, 3.05) is 11.4 Å². The second-order valence-corrected chi connectivity index (χ2v) is 4.98. The standard InChI is InChI=1S/C10H13N3O3S2/c1-6-4-9(8(5-12-6)10(11)17)13(7(2)14)18(15)16-3/h4-5H,1-3H3,(H2,11,17). The summed E-state index contributed by atoms with van der Waals surface area (Å²) in [4.78, 5) is 15.7. The Morgan fingerprint density at radius 1 is 1.61 bits per heavy atom. The smallest absolute Gasteiger partial charge is 0.271 e. The number of carbonyl (C=O) groups is 1. The third kappa shape index (κ3) is 3.09. The van der Waals surface area contributed by atoms with Crippen molar-refractivity contribution >= 4 is 40.1 Å². The van der Waals surface area contributed by atoms with E-state index in [1.165, 1.54) is 20.2 Å². The quantitative estimate of drug-likeness (QED) is 0.816. The molecule has 2 N–H and O–H groups in total. The van der Waals surface area contributed by atoms with E-state index in [1.54, 1.807) is 13.0 Å². The summed E-state index contributed by atoms with van der Waals surface area (Å²) >= 11 is 2.94. The molecule has 0 bridgehead atoms. The molecule has 0 saturated carbocycles. The first-order valence-electron chi connectivity index (χ1n) is 4.92. The topological polar surface area (TPSA) is 85.5 Å². The molecule has 98 valence electrons. The largest absolute Gasteiger partial charge is 0.389 e. The second-order valence-electron chi connectivity index (χ2n) is 3.40. The number of hydrogen-bond acceptors (Lipinski definition) is 5. The molecule has 0 aliphatic heterocycles. The fraction of sp³-hybridized carbons (Fsp3) is 0.300. The molecule has 1 aromatic heterocycles. The maximum absolute atomic E-state index is 11.7. The number of thiocarbonyl (C=S) groups is 1. The van der Waals surface area contributed by atoms with E-state index in [0.717, 1.165) is 4.31 Å². The van der Waals surface area contributed by atoms with Crippen LogP contribution in [-0.2, 0) is 20.2 Å². The summed E-state index contributed by atoms with van der Waals surface area (Å²) in [6, 6.07) is 1.58. The Hall–Kier alpha value is -1.38. The van der Waals surface area contributed by atoms with Gasteiger partial charge >= 0.3 is 0 Å². The Bertz CT molecular complexity index is 519. The SMILES string of the molecule is COS(=O)N(C(C)=O)c1cc(C)ncc1C(N)=S. The van der Waals surface area contributed by atoms with Gasteiger partial charge in [0.25, 0.3) is 11.3 Å². The van der Waals surface area contributed by atoms with Crippen molar-refractivity contribution in [2.45, 2.75) is 13.8 Å². The first kappa shape index (κ1) is 14.7. The average molecular weight is 287 g/mol. The van der Waals surface area contributed by atoms with Crippen LogP contribution in [0.5, 0.6) is 0 Å². The zero-order valence-corrected chi connectivity index (χ0v) is 11.8. The van der Waals surface area contributed by atoms with E-state index in [0.29, 0.717) is 16.9 Å². The molecule has 6 nitrogen and oxygen atoms in total. The molecule has 0 aliphatic rings. The van der Waals surface area contributed by atoms with Gasteiger partial charge in [0.15, 0.2) is 0 Å². The molecule has 1 rings (SSSR count). The van der Waals surface area contributed by atoms with E-state index in [9.17, 15) is 9.00 Å². The molecule has 18 heavy (non-hydrogen) atoms. The van der Waals surface area contributed by atoms with Crippen LogP contribution in [0.15, 0.2) is 12.3 Å². The molecule has 1 unspecified atom stereocenters. The molecule has 0 spiro atoms. The molecule has 1 heterocycles. The van der Waals surface area contributed by atoms with Crippen LogP contribution in [0.1, 0.15) is 18.2 Å². The number of rotatable bonds is 4. The van der Waals surface area contributed by atoms with Crippen LogP contribution >= 0.6 is 12.2 Å². The summed E-state index contributed by atoms with van der Waals surface area (Å²) in [7, 11) is 1.24. The summed E-state index contributed by atoms with van der Waals surface area (Å²) in [5.74, 6) is -0.446. The van der Waals surface area contributed by atoms with Gasteiger partial charge in [-0.3, -0.25) is 14.0 Å². The van der Waals surface area contributed by atoms with Gasteiger partial charge in [-0.25, -0.2) is 8.51 Å². The van der Waals surface area contributed by atoms with Crippen molar-refractivity contribution < 1.29 is 13.2 Å². The lowest BCUT2D eigenvalue weighted by molar-refractivity contribution is -0.115. The van der Waals surface area contributed by atoms with Gasteiger partial charge in [0.2, 0.25) is 5.91 Å². The normalized spacial score (nSPS) is 11.9. The van der Waals surface area contributed by atoms with Gasteiger partial charge in [-0.15, -0.1) is 0 Å². The predicted octanol–water partition coefficient (Wildman–Crippen LogP) is 0.602. The first-order valence-corrected chi connectivity index (χ1v) is 6.36. The number of nitrogens with zero attached hydrogens (tertiary/aromatic N) is 2. The van der Waals surface area contributed by atoms with Crippen LogP contribution in [-0.4, -0.2) is 27.2 Å². The van der Waals surface area contributed by atoms with Gasteiger partial charge in [-0.1, -0.05) is 12.2 Å². The number of amides is 1. The molecule has 1 aromatic rings. The van der Waals surface area contributed by atoms with Crippen LogP contribution in [0.4, 0.5) is 5.69 Å². The highest BCUT2D eigenvalue weighted by atomic mass is 32.2. The molecule has 0 fully saturated rings. The highest BCUT2D eigenvalue weighted by Gasteiger charge is 2.23. The highest BCUT2D eigenvalue weighted by molar-refractivity contribution is 7.82. The maximum atomic E-state index is 11.7. The molecule has 8 heteroatoms. The van der Waals surface area contributed by atoms with Crippen LogP contribution in [0.25, 0.3) is 0 Å². The van der Waals surface area contributed by atoms with Crippen molar-refractivity contribution in [3.8, 4) is 0 Å². The molecule has 0 aromatic carbocycles. The highest BCUT2D eigenvalue weighted by Crippen LogP contribution is 2.23. The number of pyridine rings is 1.